The van der Waals surface area contributed by atoms with Crippen LogP contribution in [-0.4, -0.2) is 4.98 Å². The number of rotatable bonds is 3. The first kappa shape index (κ1) is 13.8. The summed E-state index contributed by atoms with van der Waals surface area (Å²) in [5.74, 6) is 0. The SMILES string of the molecule is CCCCc1cc(C(F)(F)F)nc2ccc(C)cc12. The maximum Gasteiger partial charge on any atom is 0.433 e. The van der Waals surface area contributed by atoms with Crippen LogP contribution in [0.4, 0.5) is 13.2 Å². The van der Waals surface area contributed by atoms with Gasteiger partial charge in [0.25, 0.3) is 0 Å². The van der Waals surface area contributed by atoms with E-state index in [1.807, 2.05) is 19.9 Å². The van der Waals surface area contributed by atoms with Gasteiger partial charge in [-0.2, -0.15) is 13.2 Å². The molecule has 1 aromatic heterocycles. The molecule has 0 N–H and O–H groups in total. The molecule has 1 aromatic carbocycles. The molecule has 0 aliphatic rings. The second kappa shape index (κ2) is 5.19. The van der Waals surface area contributed by atoms with Crippen molar-refractivity contribution in [2.24, 2.45) is 0 Å². The fraction of sp³-hybridized carbons (Fsp3) is 0.400. The Bertz CT molecular complexity index is 588. The molecule has 0 spiro atoms. The highest BCUT2D eigenvalue weighted by Crippen LogP contribution is 2.31. The third-order valence-corrected chi connectivity index (χ3v) is 3.14. The molecule has 102 valence electrons. The summed E-state index contributed by atoms with van der Waals surface area (Å²) in [6, 6.07) is 6.55. The van der Waals surface area contributed by atoms with Crippen LogP contribution in [0.3, 0.4) is 0 Å². The van der Waals surface area contributed by atoms with Gasteiger partial charge >= 0.3 is 6.18 Å². The van der Waals surface area contributed by atoms with Crippen LogP contribution >= 0.6 is 0 Å². The number of aromatic nitrogens is 1. The lowest BCUT2D eigenvalue weighted by Crippen LogP contribution is -2.09. The van der Waals surface area contributed by atoms with Crippen molar-refractivity contribution in [2.45, 2.75) is 39.3 Å². The highest BCUT2D eigenvalue weighted by molar-refractivity contribution is 5.83. The molecule has 0 bridgehead atoms. The minimum absolute atomic E-state index is 0.423. The van der Waals surface area contributed by atoms with Gasteiger partial charge in [0, 0.05) is 5.39 Å². The molecule has 0 saturated heterocycles. The summed E-state index contributed by atoms with van der Waals surface area (Å²) >= 11 is 0. The van der Waals surface area contributed by atoms with Gasteiger partial charge < -0.3 is 0 Å². The third-order valence-electron chi connectivity index (χ3n) is 3.14. The van der Waals surface area contributed by atoms with E-state index in [1.54, 1.807) is 12.1 Å². The monoisotopic (exact) mass is 267 g/mol. The highest BCUT2D eigenvalue weighted by atomic mass is 19.4. The number of hydrogen-bond acceptors (Lipinski definition) is 1. The van der Waals surface area contributed by atoms with Gasteiger partial charge in [0.05, 0.1) is 5.52 Å². The Balaban J connectivity index is 2.62. The molecular formula is C15H16F3N. The van der Waals surface area contributed by atoms with Crippen LogP contribution in [0.2, 0.25) is 0 Å². The third kappa shape index (κ3) is 3.06. The maximum absolute atomic E-state index is 12.8. The lowest BCUT2D eigenvalue weighted by Gasteiger charge is -2.12. The van der Waals surface area contributed by atoms with E-state index in [0.717, 1.165) is 29.4 Å². The minimum atomic E-state index is -4.39. The molecule has 2 rings (SSSR count). The Labute approximate surface area is 110 Å². The number of unbranched alkanes of at least 4 members (excludes halogenated alkanes) is 1. The molecule has 4 heteroatoms. The summed E-state index contributed by atoms with van der Waals surface area (Å²) in [6.45, 7) is 3.96. The topological polar surface area (TPSA) is 12.9 Å². The van der Waals surface area contributed by atoms with Crippen molar-refractivity contribution in [1.82, 2.24) is 4.98 Å². The van der Waals surface area contributed by atoms with Gasteiger partial charge in [-0.3, -0.25) is 0 Å². The van der Waals surface area contributed by atoms with E-state index >= 15 is 0 Å². The van der Waals surface area contributed by atoms with E-state index in [2.05, 4.69) is 4.98 Å². The van der Waals surface area contributed by atoms with Gasteiger partial charge in [0.15, 0.2) is 0 Å². The van der Waals surface area contributed by atoms with E-state index in [9.17, 15) is 13.2 Å². The lowest BCUT2D eigenvalue weighted by molar-refractivity contribution is -0.141. The Morgan fingerprint density at radius 1 is 1.16 bits per heavy atom. The maximum atomic E-state index is 12.8. The summed E-state index contributed by atoms with van der Waals surface area (Å²) in [4.78, 5) is 3.73. The Hall–Kier alpha value is -1.58. The number of benzene rings is 1. The molecule has 0 saturated carbocycles. The zero-order chi connectivity index (χ0) is 14.0. The summed E-state index contributed by atoms with van der Waals surface area (Å²) in [7, 11) is 0. The molecule has 0 atom stereocenters. The van der Waals surface area contributed by atoms with E-state index in [-0.39, 0.29) is 0 Å². The minimum Gasteiger partial charge on any atom is -0.243 e. The van der Waals surface area contributed by atoms with Gasteiger partial charge in [-0.25, -0.2) is 4.98 Å². The van der Waals surface area contributed by atoms with Crippen molar-refractivity contribution in [3.8, 4) is 0 Å². The molecule has 1 heterocycles. The Kier molecular flexibility index (Phi) is 3.78. The van der Waals surface area contributed by atoms with E-state index in [1.165, 1.54) is 6.07 Å². The molecule has 0 aliphatic carbocycles. The first-order valence-corrected chi connectivity index (χ1v) is 6.39. The second-order valence-corrected chi connectivity index (χ2v) is 4.79. The summed E-state index contributed by atoms with van der Waals surface area (Å²) in [6.07, 6.45) is -1.90. The van der Waals surface area contributed by atoms with Crippen LogP contribution in [0.5, 0.6) is 0 Å². The number of aryl methyl sites for hydroxylation is 2. The van der Waals surface area contributed by atoms with Crippen LogP contribution in [0, 0.1) is 6.92 Å². The van der Waals surface area contributed by atoms with Crippen molar-refractivity contribution in [3.05, 3.63) is 41.1 Å². The normalized spacial score (nSPS) is 12.1. The zero-order valence-electron chi connectivity index (χ0n) is 11.0. The van der Waals surface area contributed by atoms with E-state index < -0.39 is 11.9 Å². The van der Waals surface area contributed by atoms with Crippen molar-refractivity contribution in [3.63, 3.8) is 0 Å². The Morgan fingerprint density at radius 3 is 2.53 bits per heavy atom. The predicted molar refractivity (Wildman–Crippen MR) is 70.1 cm³/mol. The average molecular weight is 267 g/mol. The van der Waals surface area contributed by atoms with Gasteiger partial charge in [-0.05, 0) is 43.5 Å². The number of alkyl halides is 3. The Morgan fingerprint density at radius 2 is 1.89 bits per heavy atom. The number of halogens is 3. The largest absolute Gasteiger partial charge is 0.433 e. The first-order valence-electron chi connectivity index (χ1n) is 6.39. The lowest BCUT2D eigenvalue weighted by atomic mass is 10.0. The van der Waals surface area contributed by atoms with E-state index in [0.29, 0.717) is 11.9 Å². The second-order valence-electron chi connectivity index (χ2n) is 4.79. The van der Waals surface area contributed by atoms with Gasteiger partial charge in [0.1, 0.15) is 5.69 Å². The number of hydrogen-bond donors (Lipinski definition) is 0. The highest BCUT2D eigenvalue weighted by Gasteiger charge is 2.33. The van der Waals surface area contributed by atoms with Crippen LogP contribution in [0.15, 0.2) is 24.3 Å². The molecule has 1 nitrogen and oxygen atoms in total. The number of fused-ring (bicyclic) bond motifs is 1. The van der Waals surface area contributed by atoms with Crippen LogP contribution in [0.1, 0.15) is 36.6 Å². The smallest absolute Gasteiger partial charge is 0.243 e. The molecule has 0 amide bonds. The zero-order valence-corrected chi connectivity index (χ0v) is 11.0. The fourth-order valence-electron chi connectivity index (χ4n) is 2.13. The molecule has 0 unspecified atom stereocenters. The molecule has 0 aliphatic heterocycles. The van der Waals surface area contributed by atoms with Crippen molar-refractivity contribution >= 4 is 10.9 Å². The van der Waals surface area contributed by atoms with Crippen LogP contribution < -0.4 is 0 Å². The molecule has 0 radical (unpaired) electrons. The molecule has 2 aromatic rings. The van der Waals surface area contributed by atoms with Gasteiger partial charge in [-0.1, -0.05) is 25.0 Å². The molecule has 19 heavy (non-hydrogen) atoms. The van der Waals surface area contributed by atoms with Crippen molar-refractivity contribution in [1.29, 1.82) is 0 Å². The number of pyridine rings is 1. The van der Waals surface area contributed by atoms with Crippen LogP contribution in [-0.2, 0) is 12.6 Å². The number of nitrogens with zero attached hydrogens (tertiary/aromatic N) is 1. The summed E-state index contributed by atoms with van der Waals surface area (Å²) in [5.41, 5.74) is 1.40. The standard InChI is InChI=1S/C15H16F3N/c1-3-4-5-11-9-14(15(16,17)18)19-13-7-6-10(2)8-12(11)13/h6-9H,3-5H2,1-2H3. The van der Waals surface area contributed by atoms with Gasteiger partial charge in [0.2, 0.25) is 0 Å². The molecular weight excluding hydrogens is 251 g/mol. The van der Waals surface area contributed by atoms with Crippen molar-refractivity contribution in [2.75, 3.05) is 0 Å². The van der Waals surface area contributed by atoms with Crippen molar-refractivity contribution < 1.29 is 13.2 Å². The summed E-state index contributed by atoms with van der Waals surface area (Å²) in [5, 5.41) is 0.835. The first-order chi connectivity index (χ1) is 8.91. The fourth-order valence-corrected chi connectivity index (χ4v) is 2.13. The quantitative estimate of drug-likeness (QED) is 0.770. The predicted octanol–water partition coefficient (Wildman–Crippen LogP) is 4.90. The van der Waals surface area contributed by atoms with E-state index in [4.69, 9.17) is 0 Å². The molecule has 0 fully saturated rings. The summed E-state index contributed by atoms with van der Waals surface area (Å²) < 4.78 is 38.5. The van der Waals surface area contributed by atoms with Gasteiger partial charge in [-0.15, -0.1) is 0 Å². The van der Waals surface area contributed by atoms with Crippen LogP contribution in [0.25, 0.3) is 10.9 Å². The average Bonchev–Trinajstić information content (AvgIpc) is 2.34.